The average molecular weight is 343 g/mol. The maximum Gasteiger partial charge on any atom is 0.322 e. The Kier molecular flexibility index (Phi) is 4.57. The van der Waals surface area contributed by atoms with Gasteiger partial charge in [-0.1, -0.05) is 19.1 Å². The van der Waals surface area contributed by atoms with Crippen molar-refractivity contribution < 1.29 is 9.59 Å². The third-order valence-electron chi connectivity index (χ3n) is 4.12. The van der Waals surface area contributed by atoms with Crippen molar-refractivity contribution in [2.75, 3.05) is 26.0 Å². The summed E-state index contributed by atoms with van der Waals surface area (Å²) < 4.78 is 1.03. The summed E-state index contributed by atoms with van der Waals surface area (Å²) in [5, 5.41) is 3.93. The molecule has 1 aromatic heterocycles. The van der Waals surface area contributed by atoms with Crippen LogP contribution in [0.1, 0.15) is 23.0 Å². The second-order valence-corrected chi connectivity index (χ2v) is 7.13. The van der Waals surface area contributed by atoms with Gasteiger partial charge in [0.25, 0.3) is 5.91 Å². The van der Waals surface area contributed by atoms with Crippen LogP contribution in [0, 0.1) is 0 Å². The lowest BCUT2D eigenvalue weighted by Gasteiger charge is -2.23. The lowest BCUT2D eigenvalue weighted by atomic mass is 10.2. The minimum Gasteiger partial charge on any atom is -0.344 e. The van der Waals surface area contributed by atoms with Crippen molar-refractivity contribution in [3.63, 3.8) is 0 Å². The highest BCUT2D eigenvalue weighted by atomic mass is 32.1. The molecule has 0 aliphatic carbocycles. The maximum atomic E-state index is 12.4. The van der Waals surface area contributed by atoms with Crippen LogP contribution in [0.4, 0.5) is 10.5 Å². The van der Waals surface area contributed by atoms with Gasteiger partial charge in [-0.25, -0.2) is 4.79 Å². The second-order valence-electron chi connectivity index (χ2n) is 6.05. The number of nitrogens with zero attached hydrogens (tertiary/aromatic N) is 2. The van der Waals surface area contributed by atoms with Crippen LogP contribution in [-0.4, -0.2) is 48.4 Å². The standard InChI is InChI=1S/C18H21N3O2S/c1-4-14-6-5-9-21(14)18(23)19-13-7-8-15-12(10-13)11-16(24-15)17(22)20(2)3/h5-8,10-11,14H,4,9H2,1-3H3,(H,19,23)/t14-/m1/s1. The van der Waals surface area contributed by atoms with Crippen LogP contribution >= 0.6 is 11.3 Å². The number of amides is 3. The minimum absolute atomic E-state index is 0.00397. The molecule has 2 heterocycles. The number of anilines is 1. The Hall–Kier alpha value is -2.34. The molecule has 3 amide bonds. The van der Waals surface area contributed by atoms with E-state index in [1.165, 1.54) is 11.3 Å². The Morgan fingerprint density at radius 1 is 1.33 bits per heavy atom. The number of hydrogen-bond acceptors (Lipinski definition) is 3. The Morgan fingerprint density at radius 3 is 2.83 bits per heavy atom. The van der Waals surface area contributed by atoms with E-state index in [-0.39, 0.29) is 18.0 Å². The summed E-state index contributed by atoms with van der Waals surface area (Å²) in [6, 6.07) is 7.70. The molecule has 0 saturated heterocycles. The third-order valence-corrected chi connectivity index (χ3v) is 5.23. The normalized spacial score (nSPS) is 16.6. The molecule has 0 saturated carbocycles. The third kappa shape index (κ3) is 3.14. The molecule has 0 bridgehead atoms. The van der Waals surface area contributed by atoms with Crippen molar-refractivity contribution in [3.05, 3.63) is 41.3 Å². The topological polar surface area (TPSA) is 52.7 Å². The molecule has 5 nitrogen and oxygen atoms in total. The summed E-state index contributed by atoms with van der Waals surface area (Å²) >= 11 is 1.47. The average Bonchev–Trinajstić information content (AvgIpc) is 3.19. The quantitative estimate of drug-likeness (QED) is 0.862. The Labute approximate surface area is 145 Å². The van der Waals surface area contributed by atoms with Crippen molar-refractivity contribution >= 4 is 39.0 Å². The zero-order valence-electron chi connectivity index (χ0n) is 14.1. The Balaban J connectivity index is 1.78. The molecule has 1 N–H and O–H groups in total. The monoisotopic (exact) mass is 343 g/mol. The predicted octanol–water partition coefficient (Wildman–Crippen LogP) is 3.79. The largest absolute Gasteiger partial charge is 0.344 e. The van der Waals surface area contributed by atoms with E-state index in [0.717, 1.165) is 22.2 Å². The van der Waals surface area contributed by atoms with Gasteiger partial charge in [0.15, 0.2) is 0 Å². The number of hydrogen-bond donors (Lipinski definition) is 1. The van der Waals surface area contributed by atoms with Gasteiger partial charge >= 0.3 is 6.03 Å². The lowest BCUT2D eigenvalue weighted by Crippen LogP contribution is -2.38. The molecule has 1 aliphatic heterocycles. The van der Waals surface area contributed by atoms with E-state index in [4.69, 9.17) is 0 Å². The molecule has 0 radical (unpaired) electrons. The zero-order valence-corrected chi connectivity index (χ0v) is 14.9. The van der Waals surface area contributed by atoms with E-state index in [1.807, 2.05) is 35.2 Å². The van der Waals surface area contributed by atoms with Crippen molar-refractivity contribution in [2.24, 2.45) is 0 Å². The van der Waals surface area contributed by atoms with Crippen LogP contribution in [0.15, 0.2) is 36.4 Å². The van der Waals surface area contributed by atoms with Crippen LogP contribution in [0.5, 0.6) is 0 Å². The molecule has 0 unspecified atom stereocenters. The highest BCUT2D eigenvalue weighted by molar-refractivity contribution is 7.20. The molecule has 1 atom stereocenters. The van der Waals surface area contributed by atoms with E-state index < -0.39 is 0 Å². The number of nitrogens with one attached hydrogen (secondary N) is 1. The lowest BCUT2D eigenvalue weighted by molar-refractivity contribution is 0.0832. The SMILES string of the molecule is CC[C@@H]1C=CCN1C(=O)Nc1ccc2sc(C(=O)N(C)C)cc2c1. The smallest absolute Gasteiger partial charge is 0.322 e. The minimum atomic E-state index is -0.0916. The number of fused-ring (bicyclic) bond motifs is 1. The van der Waals surface area contributed by atoms with Crippen molar-refractivity contribution in [3.8, 4) is 0 Å². The number of thiophene rings is 1. The van der Waals surface area contributed by atoms with Gasteiger partial charge in [0.2, 0.25) is 0 Å². The summed E-state index contributed by atoms with van der Waals surface area (Å²) in [6.45, 7) is 2.72. The molecule has 126 valence electrons. The molecule has 24 heavy (non-hydrogen) atoms. The summed E-state index contributed by atoms with van der Waals surface area (Å²) in [7, 11) is 3.49. The fourth-order valence-electron chi connectivity index (χ4n) is 2.80. The fourth-order valence-corrected chi connectivity index (χ4v) is 3.87. The van der Waals surface area contributed by atoms with Crippen LogP contribution < -0.4 is 5.32 Å². The Bertz CT molecular complexity index is 810. The molecule has 0 spiro atoms. The highest BCUT2D eigenvalue weighted by Gasteiger charge is 2.23. The maximum absolute atomic E-state index is 12.4. The number of rotatable bonds is 3. The molecule has 0 fully saturated rings. The zero-order chi connectivity index (χ0) is 17.3. The van der Waals surface area contributed by atoms with Gasteiger partial charge in [0.1, 0.15) is 0 Å². The van der Waals surface area contributed by atoms with Gasteiger partial charge in [-0.2, -0.15) is 0 Å². The summed E-state index contributed by atoms with van der Waals surface area (Å²) in [5.74, 6) is -0.00397. The van der Waals surface area contributed by atoms with E-state index in [0.29, 0.717) is 11.4 Å². The molecular weight excluding hydrogens is 322 g/mol. The molecular formula is C18H21N3O2S. The summed E-state index contributed by atoms with van der Waals surface area (Å²) in [4.78, 5) is 28.6. The van der Waals surface area contributed by atoms with Gasteiger partial charge in [-0.05, 0) is 36.1 Å². The molecule has 3 rings (SSSR count). The molecule has 1 aromatic carbocycles. The molecule has 6 heteroatoms. The number of carbonyl (C=O) groups excluding carboxylic acids is 2. The van der Waals surface area contributed by atoms with Crippen molar-refractivity contribution in [2.45, 2.75) is 19.4 Å². The molecule has 2 aromatic rings. The van der Waals surface area contributed by atoms with Crippen LogP contribution in [0.2, 0.25) is 0 Å². The van der Waals surface area contributed by atoms with Crippen LogP contribution in [0.25, 0.3) is 10.1 Å². The van der Waals surface area contributed by atoms with E-state index in [9.17, 15) is 9.59 Å². The van der Waals surface area contributed by atoms with E-state index >= 15 is 0 Å². The van der Waals surface area contributed by atoms with E-state index in [1.54, 1.807) is 19.0 Å². The van der Waals surface area contributed by atoms with Crippen molar-refractivity contribution in [1.82, 2.24) is 9.80 Å². The van der Waals surface area contributed by atoms with E-state index in [2.05, 4.69) is 18.3 Å². The van der Waals surface area contributed by atoms with Gasteiger partial charge in [-0.3, -0.25) is 4.79 Å². The number of urea groups is 1. The highest BCUT2D eigenvalue weighted by Crippen LogP contribution is 2.29. The fraction of sp³-hybridized carbons (Fsp3) is 0.333. The van der Waals surface area contributed by atoms with Gasteiger partial charge in [-0.15, -0.1) is 11.3 Å². The summed E-state index contributed by atoms with van der Waals surface area (Å²) in [6.07, 6.45) is 5.00. The van der Waals surface area contributed by atoms with Crippen LogP contribution in [-0.2, 0) is 0 Å². The first-order valence-corrected chi connectivity index (χ1v) is 8.80. The van der Waals surface area contributed by atoms with Gasteiger partial charge in [0.05, 0.1) is 10.9 Å². The first-order chi connectivity index (χ1) is 11.5. The molecule has 1 aliphatic rings. The first kappa shape index (κ1) is 16.5. The predicted molar refractivity (Wildman–Crippen MR) is 98.8 cm³/mol. The van der Waals surface area contributed by atoms with Crippen molar-refractivity contribution in [1.29, 1.82) is 0 Å². The summed E-state index contributed by atoms with van der Waals surface area (Å²) in [5.41, 5.74) is 0.746. The van der Waals surface area contributed by atoms with Gasteiger partial charge < -0.3 is 15.1 Å². The Morgan fingerprint density at radius 2 is 2.12 bits per heavy atom. The second kappa shape index (κ2) is 6.65. The van der Waals surface area contributed by atoms with Crippen LogP contribution in [0.3, 0.4) is 0 Å². The number of benzene rings is 1. The number of carbonyl (C=O) groups is 2. The first-order valence-electron chi connectivity index (χ1n) is 7.99. The van der Waals surface area contributed by atoms with Gasteiger partial charge in [0, 0.05) is 31.0 Å².